The van der Waals surface area contributed by atoms with Gasteiger partial charge in [0.1, 0.15) is 5.69 Å². The van der Waals surface area contributed by atoms with Crippen molar-refractivity contribution in [2.75, 3.05) is 0 Å². The van der Waals surface area contributed by atoms with E-state index in [4.69, 9.17) is 4.98 Å². The van der Waals surface area contributed by atoms with Gasteiger partial charge in [-0.15, -0.1) is 11.3 Å². The molecule has 0 saturated carbocycles. The molecule has 162 valence electrons. The number of aryl methyl sites for hydroxylation is 2. The lowest BCUT2D eigenvalue weighted by molar-refractivity contribution is 0.657. The van der Waals surface area contributed by atoms with Crippen LogP contribution >= 0.6 is 11.3 Å². The molecule has 0 aromatic carbocycles. The van der Waals surface area contributed by atoms with Gasteiger partial charge in [-0.2, -0.15) is 14.6 Å². The number of rotatable bonds is 6. The van der Waals surface area contributed by atoms with Crippen molar-refractivity contribution in [3.8, 4) is 11.5 Å². The molecule has 0 aliphatic heterocycles. The van der Waals surface area contributed by atoms with Crippen molar-refractivity contribution in [3.63, 3.8) is 0 Å². The molecule has 0 amide bonds. The first-order valence-corrected chi connectivity index (χ1v) is 10.8. The molecule has 4 rings (SSSR count). The van der Waals surface area contributed by atoms with E-state index < -0.39 is 0 Å². The van der Waals surface area contributed by atoms with Crippen LogP contribution in [0.3, 0.4) is 0 Å². The monoisotopic (exact) mass is 446 g/mol. The van der Waals surface area contributed by atoms with Crippen molar-refractivity contribution in [1.82, 2.24) is 29.9 Å². The van der Waals surface area contributed by atoms with E-state index >= 15 is 0 Å². The molecule has 0 atom stereocenters. The lowest BCUT2D eigenvalue weighted by Gasteiger charge is -2.01. The van der Waals surface area contributed by atoms with Crippen LogP contribution in [0.1, 0.15) is 28.8 Å². The molecule has 0 bridgehead atoms. The minimum atomic E-state index is -0.245. The highest BCUT2D eigenvalue weighted by atomic mass is 32.1. The van der Waals surface area contributed by atoms with Gasteiger partial charge in [0.15, 0.2) is 11.0 Å². The second kappa shape index (κ2) is 8.76. The molecule has 0 aliphatic carbocycles. The Morgan fingerprint density at radius 1 is 1.28 bits per heavy atom. The van der Waals surface area contributed by atoms with Crippen LogP contribution < -0.4 is 10.6 Å². The Balaban J connectivity index is 1.70. The highest BCUT2D eigenvalue weighted by Gasteiger charge is 2.17. The summed E-state index contributed by atoms with van der Waals surface area (Å²) in [6, 6.07) is 3.19. The molecule has 0 saturated heterocycles. The Labute approximate surface area is 188 Å². The third-order valence-corrected chi connectivity index (χ3v) is 5.95. The zero-order valence-electron chi connectivity index (χ0n) is 18.1. The lowest BCUT2D eigenvalue weighted by atomic mass is 10.1. The molecular weight excluding hydrogens is 423 g/mol. The molecule has 4 aromatic heterocycles. The summed E-state index contributed by atoms with van der Waals surface area (Å²) < 4.78 is 15.4. The molecular formula is C24H23FN6S. The zero-order chi connectivity index (χ0) is 22.8. The van der Waals surface area contributed by atoms with Gasteiger partial charge in [0, 0.05) is 40.2 Å². The number of hydrogen-bond donors (Lipinski definition) is 2. The lowest BCUT2D eigenvalue weighted by Crippen LogP contribution is -2.21. The molecule has 4 aromatic rings. The summed E-state index contributed by atoms with van der Waals surface area (Å²) in [5.74, 6) is 0.596. The largest absolute Gasteiger partial charge is 0.340 e. The van der Waals surface area contributed by atoms with Crippen LogP contribution in [0.5, 0.6) is 0 Å². The summed E-state index contributed by atoms with van der Waals surface area (Å²) >= 11 is 1.07. The van der Waals surface area contributed by atoms with Gasteiger partial charge in [-0.3, -0.25) is 9.78 Å². The van der Waals surface area contributed by atoms with Crippen LogP contribution in [-0.4, -0.2) is 29.9 Å². The van der Waals surface area contributed by atoms with Crippen molar-refractivity contribution in [2.45, 2.75) is 13.8 Å². The summed E-state index contributed by atoms with van der Waals surface area (Å²) in [4.78, 5) is 8.82. The molecule has 2 N–H and O–H groups in total. The Bertz CT molecular complexity index is 1460. The summed E-state index contributed by atoms with van der Waals surface area (Å²) in [7, 11) is 1.89. The fourth-order valence-electron chi connectivity index (χ4n) is 3.33. The third-order valence-electron chi connectivity index (χ3n) is 5.05. The van der Waals surface area contributed by atoms with Crippen LogP contribution in [0.4, 0.5) is 4.39 Å². The number of nitrogens with zero attached hydrogens (tertiary/aromatic N) is 4. The minimum absolute atomic E-state index is 0.245. The number of imidazole rings is 1. The molecule has 8 heteroatoms. The van der Waals surface area contributed by atoms with Gasteiger partial charge in [-0.1, -0.05) is 31.4 Å². The Morgan fingerprint density at radius 2 is 2.09 bits per heavy atom. The van der Waals surface area contributed by atoms with E-state index in [-0.39, 0.29) is 5.13 Å². The van der Waals surface area contributed by atoms with Gasteiger partial charge in [0.2, 0.25) is 0 Å². The van der Waals surface area contributed by atoms with Crippen molar-refractivity contribution >= 4 is 35.1 Å². The number of aromatic amines is 2. The number of aromatic nitrogens is 6. The van der Waals surface area contributed by atoms with E-state index in [0.29, 0.717) is 11.5 Å². The number of nitrogens with one attached hydrogen (secondary N) is 2. The number of H-pyrrole nitrogens is 2. The zero-order valence-corrected chi connectivity index (χ0v) is 18.9. The summed E-state index contributed by atoms with van der Waals surface area (Å²) in [6.45, 7) is 11.9. The maximum Gasteiger partial charge on any atom is 0.176 e. The van der Waals surface area contributed by atoms with Gasteiger partial charge in [0.05, 0.1) is 17.2 Å². The van der Waals surface area contributed by atoms with Crippen molar-refractivity contribution in [2.24, 2.45) is 7.05 Å². The first-order valence-electron chi connectivity index (χ1n) is 9.94. The molecule has 4 heterocycles. The SMILES string of the molecule is C=C/C=C(/c1ccc(F)s1)c1nc(-c2n[nH]/c(=C/C=C(\C)c3cnn(C)c3)c2=C)[nH]c1C. The van der Waals surface area contributed by atoms with Crippen molar-refractivity contribution in [3.05, 3.63) is 86.9 Å². The number of halogens is 1. The predicted molar refractivity (Wildman–Crippen MR) is 129 cm³/mol. The number of thiophene rings is 1. The smallest absolute Gasteiger partial charge is 0.176 e. The van der Waals surface area contributed by atoms with E-state index in [2.05, 4.69) is 33.4 Å². The highest BCUT2D eigenvalue weighted by molar-refractivity contribution is 7.11. The van der Waals surface area contributed by atoms with Gasteiger partial charge in [-0.25, -0.2) is 4.98 Å². The normalized spacial score (nSPS) is 13.2. The quantitative estimate of drug-likeness (QED) is 0.441. The Kier molecular flexibility index (Phi) is 5.87. The van der Waals surface area contributed by atoms with Crippen LogP contribution in [0.25, 0.3) is 35.3 Å². The second-order valence-corrected chi connectivity index (χ2v) is 8.40. The molecule has 0 radical (unpaired) electrons. The maximum atomic E-state index is 13.6. The average Bonchev–Trinajstić information content (AvgIpc) is 3.53. The third kappa shape index (κ3) is 4.17. The Hall–Kier alpha value is -3.78. The van der Waals surface area contributed by atoms with Crippen molar-refractivity contribution in [1.29, 1.82) is 0 Å². The van der Waals surface area contributed by atoms with Gasteiger partial charge >= 0.3 is 0 Å². The van der Waals surface area contributed by atoms with Gasteiger partial charge in [-0.05, 0) is 37.6 Å². The first-order chi connectivity index (χ1) is 15.4. The first kappa shape index (κ1) is 21.5. The fourth-order valence-corrected chi connectivity index (χ4v) is 4.09. The highest BCUT2D eigenvalue weighted by Crippen LogP contribution is 2.30. The van der Waals surface area contributed by atoms with Gasteiger partial charge in [0.25, 0.3) is 0 Å². The number of hydrogen-bond acceptors (Lipinski definition) is 4. The van der Waals surface area contributed by atoms with Crippen LogP contribution in [0.2, 0.25) is 0 Å². The number of allylic oxidation sites excluding steroid dienone is 4. The molecule has 0 unspecified atom stereocenters. The maximum absolute atomic E-state index is 13.6. The summed E-state index contributed by atoms with van der Waals surface area (Å²) in [5, 5.41) is 12.9. The molecule has 6 nitrogen and oxygen atoms in total. The van der Waals surface area contributed by atoms with Crippen LogP contribution in [0.15, 0.2) is 49.3 Å². The summed E-state index contributed by atoms with van der Waals surface area (Å²) in [6.07, 6.45) is 11.2. The van der Waals surface area contributed by atoms with E-state index in [9.17, 15) is 4.39 Å². The fraction of sp³-hybridized carbons (Fsp3) is 0.125. The van der Waals surface area contributed by atoms with E-state index in [1.54, 1.807) is 16.8 Å². The standard InChI is InChI=1S/C24H23FN6S/c1-6-7-18(20-10-11-21(25)32-20)23-16(4)27-24(28-23)22-15(3)19(29-30-22)9-8-14(2)17-12-26-31(5)13-17/h6-13,29H,1,3H2,2,4-5H3,(H,27,28)/b14-8+,18-7-,19-9+. The Morgan fingerprint density at radius 3 is 2.75 bits per heavy atom. The van der Waals surface area contributed by atoms with E-state index in [1.807, 2.05) is 51.5 Å². The van der Waals surface area contributed by atoms with Crippen molar-refractivity contribution < 1.29 is 4.39 Å². The molecule has 0 fully saturated rings. The topological polar surface area (TPSA) is 75.2 Å². The molecule has 0 spiro atoms. The van der Waals surface area contributed by atoms with Gasteiger partial charge < -0.3 is 4.98 Å². The minimum Gasteiger partial charge on any atom is -0.340 e. The summed E-state index contributed by atoms with van der Waals surface area (Å²) in [5.41, 5.74) is 5.13. The van der Waals surface area contributed by atoms with Crippen LogP contribution in [-0.2, 0) is 7.05 Å². The van der Waals surface area contributed by atoms with Crippen LogP contribution in [0, 0.1) is 12.1 Å². The molecule has 32 heavy (non-hydrogen) atoms. The molecule has 0 aliphatic rings. The van der Waals surface area contributed by atoms with E-state index in [1.165, 1.54) is 6.07 Å². The average molecular weight is 447 g/mol. The second-order valence-electron chi connectivity index (χ2n) is 7.36. The predicted octanol–water partition coefficient (Wildman–Crippen LogP) is 3.95. The van der Waals surface area contributed by atoms with E-state index in [0.717, 1.165) is 54.9 Å².